The second kappa shape index (κ2) is 9.86. The van der Waals surface area contributed by atoms with E-state index in [0.717, 1.165) is 31.7 Å². The van der Waals surface area contributed by atoms with E-state index in [-0.39, 0.29) is 11.0 Å². The Balaban J connectivity index is 1.80. The highest BCUT2D eigenvalue weighted by Crippen LogP contribution is 2.21. The predicted molar refractivity (Wildman–Crippen MR) is 114 cm³/mol. The molecule has 0 aliphatic carbocycles. The van der Waals surface area contributed by atoms with Gasteiger partial charge in [-0.15, -0.1) is 0 Å². The number of nitrogens with zero attached hydrogens (tertiary/aromatic N) is 2. The summed E-state index contributed by atoms with van der Waals surface area (Å²) in [5.41, 5.74) is 0.865. The standard InChI is InChI=1S/C20H27ClN4O3S/c1-15(2)28-20-8-7-18(13-23-20)29(26,27)24-19(14-25-11-9-22-10-12-25)16-3-5-17(21)6-4-16/h3-8,13,15,19,22,24H,9-12,14H2,1-2H3/t19-/m0/s1. The highest BCUT2D eigenvalue weighted by Gasteiger charge is 2.25. The van der Waals surface area contributed by atoms with E-state index < -0.39 is 16.1 Å². The van der Waals surface area contributed by atoms with Crippen LogP contribution in [0.2, 0.25) is 5.02 Å². The van der Waals surface area contributed by atoms with Gasteiger partial charge < -0.3 is 10.1 Å². The first-order valence-corrected chi connectivity index (χ1v) is 11.5. The number of nitrogens with one attached hydrogen (secondary N) is 2. The van der Waals surface area contributed by atoms with Crippen molar-refractivity contribution in [3.05, 3.63) is 53.2 Å². The molecule has 1 fully saturated rings. The van der Waals surface area contributed by atoms with Crippen molar-refractivity contribution in [2.24, 2.45) is 0 Å². The predicted octanol–water partition coefficient (Wildman–Crippen LogP) is 2.45. The molecule has 9 heteroatoms. The van der Waals surface area contributed by atoms with Gasteiger partial charge in [0.25, 0.3) is 0 Å². The number of hydrogen-bond acceptors (Lipinski definition) is 6. The maximum absolute atomic E-state index is 13.0. The molecule has 2 aromatic rings. The summed E-state index contributed by atoms with van der Waals surface area (Å²) in [7, 11) is -3.76. The van der Waals surface area contributed by atoms with E-state index in [1.807, 2.05) is 26.0 Å². The number of pyridine rings is 1. The fourth-order valence-electron chi connectivity index (χ4n) is 3.15. The van der Waals surface area contributed by atoms with E-state index in [9.17, 15) is 8.42 Å². The van der Waals surface area contributed by atoms with Crippen molar-refractivity contribution in [1.29, 1.82) is 0 Å². The van der Waals surface area contributed by atoms with Crippen LogP contribution in [0.1, 0.15) is 25.5 Å². The summed E-state index contributed by atoms with van der Waals surface area (Å²) in [6.45, 7) is 7.87. The van der Waals surface area contributed by atoms with Crippen molar-refractivity contribution in [2.75, 3.05) is 32.7 Å². The molecule has 29 heavy (non-hydrogen) atoms. The summed E-state index contributed by atoms with van der Waals surface area (Å²) in [6.07, 6.45) is 1.29. The Labute approximate surface area is 177 Å². The van der Waals surface area contributed by atoms with Gasteiger partial charge in [0.15, 0.2) is 0 Å². The Hall–Kier alpha value is -1.71. The zero-order valence-corrected chi connectivity index (χ0v) is 18.2. The third kappa shape index (κ3) is 6.38. The SMILES string of the molecule is CC(C)Oc1ccc(S(=O)(=O)N[C@@H](CN2CCNCC2)c2ccc(Cl)cc2)cn1. The molecule has 0 saturated carbocycles. The largest absolute Gasteiger partial charge is 0.475 e. The van der Waals surface area contributed by atoms with Crippen LogP contribution in [0.15, 0.2) is 47.5 Å². The van der Waals surface area contributed by atoms with Crippen molar-refractivity contribution in [2.45, 2.75) is 30.9 Å². The molecule has 0 unspecified atom stereocenters. The summed E-state index contributed by atoms with van der Waals surface area (Å²) in [5.74, 6) is 0.397. The summed E-state index contributed by atoms with van der Waals surface area (Å²) in [6, 6.07) is 9.94. The molecular formula is C20H27ClN4O3S. The van der Waals surface area contributed by atoms with E-state index in [4.69, 9.17) is 16.3 Å². The summed E-state index contributed by atoms with van der Waals surface area (Å²) in [5, 5.41) is 3.92. The molecule has 2 heterocycles. The fraction of sp³-hybridized carbons (Fsp3) is 0.450. The number of hydrogen-bond donors (Lipinski definition) is 2. The molecule has 0 radical (unpaired) electrons. The van der Waals surface area contributed by atoms with Gasteiger partial charge in [-0.3, -0.25) is 4.90 Å². The molecule has 2 N–H and O–H groups in total. The van der Waals surface area contributed by atoms with Gasteiger partial charge in [-0.05, 0) is 37.6 Å². The second-order valence-corrected chi connectivity index (χ2v) is 9.43. The number of rotatable bonds is 8. The van der Waals surface area contributed by atoms with Gasteiger partial charge in [0.2, 0.25) is 15.9 Å². The molecule has 1 saturated heterocycles. The average molecular weight is 439 g/mol. The van der Waals surface area contributed by atoms with E-state index in [1.54, 1.807) is 18.2 Å². The van der Waals surface area contributed by atoms with Crippen LogP contribution in [0, 0.1) is 0 Å². The average Bonchev–Trinajstić information content (AvgIpc) is 2.69. The van der Waals surface area contributed by atoms with Crippen molar-refractivity contribution >= 4 is 21.6 Å². The molecular weight excluding hydrogens is 412 g/mol. The molecule has 7 nitrogen and oxygen atoms in total. The molecule has 0 bridgehead atoms. The van der Waals surface area contributed by atoms with Gasteiger partial charge in [-0.1, -0.05) is 23.7 Å². The molecule has 1 aromatic heterocycles. The maximum Gasteiger partial charge on any atom is 0.242 e. The van der Waals surface area contributed by atoms with Crippen LogP contribution in [-0.2, 0) is 10.0 Å². The highest BCUT2D eigenvalue weighted by molar-refractivity contribution is 7.89. The molecule has 0 spiro atoms. The van der Waals surface area contributed by atoms with Crippen molar-refractivity contribution in [3.8, 4) is 5.88 Å². The molecule has 0 amide bonds. The summed E-state index contributed by atoms with van der Waals surface area (Å²) >= 11 is 6.01. The summed E-state index contributed by atoms with van der Waals surface area (Å²) in [4.78, 5) is 6.47. The lowest BCUT2D eigenvalue weighted by atomic mass is 10.1. The lowest BCUT2D eigenvalue weighted by Gasteiger charge is -2.31. The minimum Gasteiger partial charge on any atom is -0.475 e. The molecule has 158 valence electrons. The quantitative estimate of drug-likeness (QED) is 0.658. The number of aromatic nitrogens is 1. The zero-order chi connectivity index (χ0) is 20.9. The smallest absolute Gasteiger partial charge is 0.242 e. The van der Waals surface area contributed by atoms with E-state index in [1.165, 1.54) is 12.3 Å². The Morgan fingerprint density at radius 1 is 1.17 bits per heavy atom. The Kier molecular flexibility index (Phi) is 7.48. The van der Waals surface area contributed by atoms with E-state index in [0.29, 0.717) is 17.4 Å². The Morgan fingerprint density at radius 3 is 2.45 bits per heavy atom. The number of ether oxygens (including phenoxy) is 1. The fourth-order valence-corrected chi connectivity index (χ4v) is 4.44. The number of piperazine rings is 1. The van der Waals surface area contributed by atoms with Crippen LogP contribution in [0.25, 0.3) is 0 Å². The minimum absolute atomic E-state index is 0.0311. The van der Waals surface area contributed by atoms with Crippen molar-refractivity contribution in [1.82, 2.24) is 19.9 Å². The van der Waals surface area contributed by atoms with Crippen LogP contribution >= 0.6 is 11.6 Å². The van der Waals surface area contributed by atoms with Crippen molar-refractivity contribution in [3.63, 3.8) is 0 Å². The van der Waals surface area contributed by atoms with Gasteiger partial charge in [-0.25, -0.2) is 18.1 Å². The molecule has 3 rings (SSSR count). The first-order chi connectivity index (χ1) is 13.8. The van der Waals surface area contributed by atoms with Crippen LogP contribution in [0.3, 0.4) is 0 Å². The lowest BCUT2D eigenvalue weighted by molar-refractivity contribution is 0.223. The summed E-state index contributed by atoms with van der Waals surface area (Å²) < 4.78 is 34.4. The third-order valence-corrected chi connectivity index (χ3v) is 6.31. The molecule has 1 aromatic carbocycles. The third-order valence-electron chi connectivity index (χ3n) is 4.60. The minimum atomic E-state index is -3.76. The van der Waals surface area contributed by atoms with Gasteiger partial charge in [-0.2, -0.15) is 0 Å². The Morgan fingerprint density at radius 2 is 1.86 bits per heavy atom. The van der Waals surface area contributed by atoms with Gasteiger partial charge in [0.1, 0.15) is 4.90 Å². The van der Waals surface area contributed by atoms with Crippen LogP contribution in [0.5, 0.6) is 5.88 Å². The number of benzene rings is 1. The number of halogens is 1. The normalized spacial score (nSPS) is 16.7. The topological polar surface area (TPSA) is 83.6 Å². The Bertz CT molecular complexity index is 883. The van der Waals surface area contributed by atoms with Crippen molar-refractivity contribution < 1.29 is 13.2 Å². The van der Waals surface area contributed by atoms with E-state index in [2.05, 4.69) is 19.9 Å². The van der Waals surface area contributed by atoms with E-state index >= 15 is 0 Å². The van der Waals surface area contributed by atoms with Crippen LogP contribution in [0.4, 0.5) is 0 Å². The first kappa shape index (κ1) is 22.0. The van der Waals surface area contributed by atoms with Crippen LogP contribution < -0.4 is 14.8 Å². The van der Waals surface area contributed by atoms with Gasteiger partial charge >= 0.3 is 0 Å². The monoisotopic (exact) mass is 438 g/mol. The maximum atomic E-state index is 13.0. The number of sulfonamides is 1. The second-order valence-electron chi connectivity index (χ2n) is 7.27. The molecule has 1 aliphatic heterocycles. The molecule has 1 aliphatic rings. The lowest BCUT2D eigenvalue weighted by Crippen LogP contribution is -2.47. The van der Waals surface area contributed by atoms with Gasteiger partial charge in [0.05, 0.1) is 18.3 Å². The van der Waals surface area contributed by atoms with Gasteiger partial charge in [0, 0.05) is 43.8 Å². The molecule has 1 atom stereocenters. The first-order valence-electron chi connectivity index (χ1n) is 9.67. The zero-order valence-electron chi connectivity index (χ0n) is 16.6. The van der Waals surface area contributed by atoms with Crippen LogP contribution in [-0.4, -0.2) is 57.1 Å². The highest BCUT2D eigenvalue weighted by atomic mass is 35.5.